The number of nitrogens with zero attached hydrogens (tertiary/aromatic N) is 2. The molecule has 15 heavy (non-hydrogen) atoms. The minimum absolute atomic E-state index is 0.939. The van der Waals surface area contributed by atoms with Gasteiger partial charge in [-0.05, 0) is 26.0 Å². The quantitative estimate of drug-likeness (QED) is 0.482. The average molecular weight is 198 g/mol. The molecule has 2 nitrogen and oxygen atoms in total. The summed E-state index contributed by atoms with van der Waals surface area (Å²) in [6, 6.07) is 8.73. The highest BCUT2D eigenvalue weighted by Gasteiger charge is 2.32. The van der Waals surface area contributed by atoms with Crippen LogP contribution in [0, 0.1) is 13.8 Å². The summed E-state index contributed by atoms with van der Waals surface area (Å²) in [6.07, 6.45) is 4.41. The predicted molar refractivity (Wildman–Crippen MR) is 57.1 cm³/mol. The van der Waals surface area contributed by atoms with Crippen molar-refractivity contribution in [2.45, 2.75) is 20.5 Å². The molecule has 0 spiro atoms. The van der Waals surface area contributed by atoms with E-state index in [1.165, 1.54) is 22.5 Å². The molecule has 2 heteroatoms. The lowest BCUT2D eigenvalue weighted by Crippen LogP contribution is -2.45. The van der Waals surface area contributed by atoms with Crippen molar-refractivity contribution >= 4 is 0 Å². The Morgan fingerprint density at radius 1 is 0.800 bits per heavy atom. The zero-order valence-corrected chi connectivity index (χ0v) is 9.07. The van der Waals surface area contributed by atoms with Crippen LogP contribution in [0.5, 0.6) is 0 Å². The molecule has 0 saturated carbocycles. The van der Waals surface area contributed by atoms with Gasteiger partial charge in [0.25, 0.3) is 11.4 Å². The Morgan fingerprint density at radius 2 is 1.27 bits per heavy atom. The Bertz CT molecular complexity index is 495. The second kappa shape index (κ2) is 2.89. The predicted octanol–water partition coefficient (Wildman–Crippen LogP) is 1.36. The van der Waals surface area contributed by atoms with Gasteiger partial charge in [-0.3, -0.25) is 0 Å². The molecule has 3 rings (SSSR count). The van der Waals surface area contributed by atoms with Crippen LogP contribution in [-0.4, -0.2) is 0 Å². The molecular weight excluding hydrogens is 184 g/mol. The van der Waals surface area contributed by atoms with Crippen LogP contribution in [0.25, 0.3) is 11.4 Å². The van der Waals surface area contributed by atoms with Crippen LogP contribution in [0.4, 0.5) is 0 Å². The molecule has 0 amide bonds. The van der Waals surface area contributed by atoms with E-state index in [1.54, 1.807) is 0 Å². The summed E-state index contributed by atoms with van der Waals surface area (Å²) in [5.74, 6) is 0. The molecule has 0 radical (unpaired) electrons. The van der Waals surface area contributed by atoms with Crippen LogP contribution < -0.4 is 9.13 Å². The molecule has 0 aliphatic carbocycles. The Morgan fingerprint density at radius 3 is 1.73 bits per heavy atom. The van der Waals surface area contributed by atoms with E-state index < -0.39 is 0 Å². The largest absolute Gasteiger partial charge is 0.345 e. The van der Waals surface area contributed by atoms with Crippen molar-refractivity contribution in [3.05, 3.63) is 47.8 Å². The van der Waals surface area contributed by atoms with Gasteiger partial charge < -0.3 is 0 Å². The van der Waals surface area contributed by atoms with Crippen LogP contribution in [-0.2, 0) is 6.67 Å². The average Bonchev–Trinajstić information content (AvgIpc) is 2.53. The number of hydrogen-bond acceptors (Lipinski definition) is 0. The lowest BCUT2D eigenvalue weighted by atomic mass is 10.2. The van der Waals surface area contributed by atoms with Gasteiger partial charge in [0, 0.05) is 23.3 Å². The van der Waals surface area contributed by atoms with Crippen molar-refractivity contribution in [1.29, 1.82) is 0 Å². The SMILES string of the molecule is Cc1ccc2[n+](c1)C[n+]1cc(C)ccc1-2. The van der Waals surface area contributed by atoms with Gasteiger partial charge in [0.2, 0.25) is 0 Å². The number of rotatable bonds is 0. The number of aryl methyl sites for hydroxylation is 2. The van der Waals surface area contributed by atoms with Crippen LogP contribution in [0.15, 0.2) is 36.7 Å². The monoisotopic (exact) mass is 198 g/mol. The topological polar surface area (TPSA) is 7.76 Å². The van der Waals surface area contributed by atoms with E-state index in [9.17, 15) is 0 Å². The summed E-state index contributed by atoms with van der Waals surface area (Å²) >= 11 is 0. The first kappa shape index (κ1) is 8.60. The minimum atomic E-state index is 0.939. The van der Waals surface area contributed by atoms with Crippen molar-refractivity contribution in [2.75, 3.05) is 0 Å². The number of aromatic nitrogens is 2. The molecule has 0 N–H and O–H groups in total. The van der Waals surface area contributed by atoms with Crippen molar-refractivity contribution in [1.82, 2.24) is 0 Å². The number of pyridine rings is 2. The maximum absolute atomic E-state index is 2.30. The van der Waals surface area contributed by atoms with Gasteiger partial charge in [0.05, 0.1) is 0 Å². The lowest BCUT2D eigenvalue weighted by Gasteiger charge is -1.89. The second-order valence-electron chi connectivity index (χ2n) is 4.26. The van der Waals surface area contributed by atoms with Crippen molar-refractivity contribution < 1.29 is 9.13 Å². The molecule has 1 aliphatic rings. The third-order valence-electron chi connectivity index (χ3n) is 2.91. The van der Waals surface area contributed by atoms with Crippen molar-refractivity contribution in [3.8, 4) is 11.4 Å². The molecule has 3 heterocycles. The van der Waals surface area contributed by atoms with E-state index in [1.807, 2.05) is 0 Å². The molecule has 2 aromatic heterocycles. The molecule has 0 bridgehead atoms. The molecule has 0 atom stereocenters. The molecule has 0 saturated heterocycles. The third kappa shape index (κ3) is 1.25. The van der Waals surface area contributed by atoms with Crippen LogP contribution in [0.3, 0.4) is 0 Å². The van der Waals surface area contributed by atoms with E-state index in [-0.39, 0.29) is 0 Å². The van der Waals surface area contributed by atoms with Gasteiger partial charge >= 0.3 is 6.67 Å². The number of hydrogen-bond donors (Lipinski definition) is 0. The normalized spacial score (nSPS) is 12.4. The van der Waals surface area contributed by atoms with Gasteiger partial charge in [-0.2, -0.15) is 0 Å². The van der Waals surface area contributed by atoms with Gasteiger partial charge in [-0.15, -0.1) is 9.13 Å². The standard InChI is InChI=1S/C13H14N2/c1-10-3-5-12-13-6-4-11(2)8-15(13)9-14(12)7-10/h3-8H,9H2,1-2H3/q+2. The maximum Gasteiger partial charge on any atom is 0.345 e. The Labute approximate surface area is 89.4 Å². The van der Waals surface area contributed by atoms with E-state index in [2.05, 4.69) is 59.6 Å². The fourth-order valence-corrected chi connectivity index (χ4v) is 2.19. The summed E-state index contributed by atoms with van der Waals surface area (Å²) < 4.78 is 4.59. The Balaban J connectivity index is 2.24. The summed E-state index contributed by atoms with van der Waals surface area (Å²) in [4.78, 5) is 0. The summed E-state index contributed by atoms with van der Waals surface area (Å²) in [6.45, 7) is 5.20. The highest BCUT2D eigenvalue weighted by molar-refractivity contribution is 5.47. The van der Waals surface area contributed by atoms with Gasteiger partial charge in [-0.1, -0.05) is 0 Å². The van der Waals surface area contributed by atoms with E-state index in [4.69, 9.17) is 0 Å². The fourth-order valence-electron chi connectivity index (χ4n) is 2.19. The molecule has 74 valence electrons. The summed E-state index contributed by atoms with van der Waals surface area (Å²) in [5.41, 5.74) is 5.23. The lowest BCUT2D eigenvalue weighted by molar-refractivity contribution is -0.877. The second-order valence-corrected chi connectivity index (χ2v) is 4.26. The smallest absolute Gasteiger partial charge is 0.133 e. The Kier molecular flexibility index (Phi) is 1.66. The fraction of sp³-hybridized carbons (Fsp3) is 0.231. The zero-order chi connectivity index (χ0) is 10.4. The minimum Gasteiger partial charge on any atom is -0.133 e. The first-order valence-corrected chi connectivity index (χ1v) is 5.24. The first-order chi connectivity index (χ1) is 7.24. The molecule has 0 aromatic carbocycles. The van der Waals surface area contributed by atoms with Gasteiger partial charge in [0.1, 0.15) is 0 Å². The molecule has 1 aliphatic heterocycles. The van der Waals surface area contributed by atoms with Gasteiger partial charge in [-0.25, -0.2) is 0 Å². The Hall–Kier alpha value is -1.70. The molecule has 0 unspecified atom stereocenters. The van der Waals surface area contributed by atoms with E-state index in [0.29, 0.717) is 0 Å². The van der Waals surface area contributed by atoms with Crippen LogP contribution in [0.2, 0.25) is 0 Å². The van der Waals surface area contributed by atoms with Gasteiger partial charge in [0.15, 0.2) is 12.4 Å². The molecule has 0 fully saturated rings. The summed E-state index contributed by atoms with van der Waals surface area (Å²) in [7, 11) is 0. The van der Waals surface area contributed by atoms with Crippen molar-refractivity contribution in [2.24, 2.45) is 0 Å². The molecular formula is C13H14N2+2. The third-order valence-corrected chi connectivity index (χ3v) is 2.91. The maximum atomic E-state index is 2.30. The highest BCUT2D eigenvalue weighted by atomic mass is 15.2. The van der Waals surface area contributed by atoms with E-state index in [0.717, 1.165) is 6.67 Å². The van der Waals surface area contributed by atoms with Crippen molar-refractivity contribution in [3.63, 3.8) is 0 Å². The first-order valence-electron chi connectivity index (χ1n) is 5.24. The van der Waals surface area contributed by atoms with E-state index >= 15 is 0 Å². The zero-order valence-electron chi connectivity index (χ0n) is 9.07. The van der Waals surface area contributed by atoms with Crippen LogP contribution in [0.1, 0.15) is 11.1 Å². The van der Waals surface area contributed by atoms with Crippen LogP contribution >= 0.6 is 0 Å². The highest BCUT2D eigenvalue weighted by Crippen LogP contribution is 2.15. The molecule has 2 aromatic rings. The summed E-state index contributed by atoms with van der Waals surface area (Å²) in [5, 5.41) is 0. The number of fused-ring (bicyclic) bond motifs is 3.